The van der Waals surface area contributed by atoms with E-state index in [1.807, 2.05) is 31.9 Å². The summed E-state index contributed by atoms with van der Waals surface area (Å²) in [5.41, 5.74) is -24.4. The van der Waals surface area contributed by atoms with E-state index in [0.29, 0.717) is 0 Å². The molecule has 0 aliphatic heterocycles. The molecular weight excluding hydrogens is 888 g/mol. The lowest BCUT2D eigenvalue weighted by atomic mass is 10.1. The highest BCUT2D eigenvalue weighted by Crippen LogP contribution is 2.76. The molecule has 0 aliphatic carbocycles. The Labute approximate surface area is 249 Å². The average Bonchev–Trinajstić information content (AvgIpc) is 2.57. The highest BCUT2D eigenvalue weighted by atomic mass is 79.9. The second kappa shape index (κ2) is 13.6. The van der Waals surface area contributed by atoms with Crippen LogP contribution in [0.4, 0.5) is 0 Å². The van der Waals surface area contributed by atoms with E-state index in [9.17, 15) is 115 Å². The summed E-state index contributed by atoms with van der Waals surface area (Å²) in [7, 11) is -53.1. The molecule has 42 heavy (non-hydrogen) atoms. The third kappa shape index (κ3) is 11.7. The van der Waals surface area contributed by atoms with Gasteiger partial charge in [-0.15, -0.1) is 0 Å². The third-order valence-corrected chi connectivity index (χ3v) is 21.8. The van der Waals surface area contributed by atoms with E-state index < -0.39 is 104 Å². The lowest BCUT2D eigenvalue weighted by Crippen LogP contribution is -2.54. The van der Waals surface area contributed by atoms with Crippen molar-refractivity contribution in [3.63, 3.8) is 0 Å². The molecule has 254 valence electrons. The number of hydrogen-bond donors (Lipinski definition) is 16. The smallest absolute Gasteiger partial charge is 0.324 e. The van der Waals surface area contributed by atoms with Crippen LogP contribution >= 0.6 is 92.6 Å². The first kappa shape index (κ1) is 44.2. The van der Waals surface area contributed by atoms with E-state index in [2.05, 4.69) is 0 Å². The van der Waals surface area contributed by atoms with E-state index in [0.717, 1.165) is 0 Å². The van der Waals surface area contributed by atoms with Gasteiger partial charge in [0.25, 0.3) is 0 Å². The Kier molecular flexibility index (Phi) is 14.3. The van der Waals surface area contributed by atoms with E-state index in [4.69, 9.17) is 0 Å². The maximum absolute atomic E-state index is 12.6. The Hall–Kier alpha value is 2.16. The summed E-state index contributed by atoms with van der Waals surface area (Å²) in [6, 6.07) is 0. The quantitative estimate of drug-likeness (QED) is 0.0628. The van der Waals surface area contributed by atoms with Crippen molar-refractivity contribution in [3.05, 3.63) is 0 Å². The van der Waals surface area contributed by atoms with Gasteiger partial charge in [0.05, 0.1) is 34.5 Å². The van der Waals surface area contributed by atoms with E-state index in [-0.39, 0.29) is 0 Å². The monoisotopic (exact) mass is 910 g/mol. The number of hydrogen-bond acceptors (Lipinski definition) is 8. The Balaban J connectivity index is 8.63. The normalized spacial score (nSPS) is 20.0. The zero-order valence-corrected chi connectivity index (χ0v) is 29.8. The zero-order chi connectivity index (χ0) is 34.7. The largest absolute Gasteiger partial charge is 0.353 e. The van der Waals surface area contributed by atoms with Crippen molar-refractivity contribution in [2.75, 3.05) is 6.16 Å². The van der Waals surface area contributed by atoms with Gasteiger partial charge in [-0.1, -0.05) is 31.9 Å². The van der Waals surface area contributed by atoms with Gasteiger partial charge in [0.2, 0.25) is 0 Å². The van der Waals surface area contributed by atoms with Crippen LogP contribution in [0.3, 0.4) is 0 Å². The zero-order valence-electron chi connectivity index (χ0n) is 19.4. The van der Waals surface area contributed by atoms with Gasteiger partial charge in [-0.2, -0.15) is 0 Å². The average molecular weight is 912 g/mol. The van der Waals surface area contributed by atoms with Crippen molar-refractivity contribution in [2.24, 2.45) is 0 Å². The number of halogens is 2. The number of alkyl halides is 2. The fourth-order valence-electron chi connectivity index (χ4n) is 3.86. The summed E-state index contributed by atoms with van der Waals surface area (Å²) >= 11 is 4.00. The SMILES string of the molecule is O=P(O)(O)CC(C(C(C(C(C(C(Br)(Br)P(=O)(O)O)P(=O)(O)O)P(=O)(O)O)P(=O)(O)O)P(=O)(O)O)P(=O)(O)O)P(=O)(O)O. The molecule has 6 atom stereocenters. The Bertz CT molecular complexity index is 1380. The minimum atomic E-state index is -7.01. The fourth-order valence-corrected chi connectivity index (χ4v) is 22.3. The van der Waals surface area contributed by atoms with Crippen LogP contribution in [0.2, 0.25) is 0 Å². The van der Waals surface area contributed by atoms with Crippen LogP contribution in [-0.2, 0) is 36.5 Å². The molecule has 0 aromatic rings. The van der Waals surface area contributed by atoms with Gasteiger partial charge in [-0.3, -0.25) is 36.5 Å². The molecule has 0 aromatic carbocycles. The van der Waals surface area contributed by atoms with Crippen LogP contribution in [0.5, 0.6) is 0 Å². The standard InChI is InChI=1S/C8H24Br2O24P8/c9-8(10,42(32,33)34)7(41(29,30)31)6(40(26,27)28)5(39(23,24)25)4(38(20,21)22)3(37(17,18)19)2(36(14,15)16)1-35(11,12)13/h2-7H,1H2,(H2,11,12,13)(H2,14,15,16)(H2,17,18,19)(H2,20,21,22)(H2,23,24,25)(H2,26,27,28)(H2,29,30,31)(H2,32,33,34). The molecule has 0 spiro atoms. The molecule has 34 heteroatoms. The van der Waals surface area contributed by atoms with Gasteiger partial charge < -0.3 is 78.3 Å². The van der Waals surface area contributed by atoms with Gasteiger partial charge in [0, 0.05) is 0 Å². The van der Waals surface area contributed by atoms with Crippen LogP contribution < -0.4 is 0 Å². The number of rotatable bonds is 15. The molecule has 0 saturated carbocycles. The molecule has 0 fully saturated rings. The van der Waals surface area contributed by atoms with Crippen molar-refractivity contribution in [3.8, 4) is 0 Å². The van der Waals surface area contributed by atoms with Crippen molar-refractivity contribution < 1.29 is 115 Å². The van der Waals surface area contributed by atoms with Crippen LogP contribution in [0.15, 0.2) is 0 Å². The molecule has 0 radical (unpaired) electrons. The van der Waals surface area contributed by atoms with Crippen LogP contribution in [0.25, 0.3) is 0 Å². The van der Waals surface area contributed by atoms with Gasteiger partial charge >= 0.3 is 60.8 Å². The predicted molar refractivity (Wildman–Crippen MR) is 145 cm³/mol. The van der Waals surface area contributed by atoms with Crippen molar-refractivity contribution >= 4 is 92.6 Å². The molecule has 0 rings (SSSR count). The lowest BCUT2D eigenvalue weighted by Gasteiger charge is -2.45. The minimum Gasteiger partial charge on any atom is -0.324 e. The molecule has 0 amide bonds. The van der Waals surface area contributed by atoms with E-state index in [1.165, 1.54) is 0 Å². The van der Waals surface area contributed by atoms with Crippen LogP contribution in [-0.4, -0.2) is 121 Å². The van der Waals surface area contributed by atoms with E-state index in [1.54, 1.807) is 0 Å². The summed E-state index contributed by atoms with van der Waals surface area (Å²) < 4.78 is 94.4. The summed E-state index contributed by atoms with van der Waals surface area (Å²) in [4.78, 5) is 156. The Morgan fingerprint density at radius 3 is 0.905 bits per heavy atom. The summed E-state index contributed by atoms with van der Waals surface area (Å²) in [6.45, 7) is 0. The minimum absolute atomic E-state index is 2.00. The topological polar surface area (TPSA) is 460 Å². The van der Waals surface area contributed by atoms with Gasteiger partial charge in [0.15, 0.2) is 2.97 Å². The molecular formula is C8H24Br2O24P8. The molecule has 0 bridgehead atoms. The summed E-state index contributed by atoms with van der Waals surface area (Å²) in [5, 5.41) is 0. The molecule has 0 aliphatic rings. The first-order valence-electron chi connectivity index (χ1n) is 9.49. The highest BCUT2D eigenvalue weighted by molar-refractivity contribution is 9.27. The van der Waals surface area contributed by atoms with Crippen molar-refractivity contribution in [1.82, 2.24) is 0 Å². The maximum atomic E-state index is 12.6. The van der Waals surface area contributed by atoms with Crippen LogP contribution in [0, 0.1) is 0 Å². The highest BCUT2D eigenvalue weighted by Gasteiger charge is 2.71. The maximum Gasteiger partial charge on any atom is 0.353 e. The Morgan fingerprint density at radius 1 is 0.429 bits per heavy atom. The van der Waals surface area contributed by atoms with Crippen molar-refractivity contribution in [1.29, 1.82) is 0 Å². The first-order valence-corrected chi connectivity index (χ1v) is 24.6. The second-order valence-corrected chi connectivity index (χ2v) is 27.4. The molecule has 0 saturated heterocycles. The third-order valence-electron chi connectivity index (χ3n) is 5.28. The molecule has 6 unspecified atom stereocenters. The fraction of sp³-hybridized carbons (Fsp3) is 1.00. The molecule has 0 aromatic heterocycles. The molecule has 16 N–H and O–H groups in total. The summed E-state index contributed by atoms with van der Waals surface area (Å²) in [5.74, 6) is 0. The van der Waals surface area contributed by atoms with Gasteiger partial charge in [-0.05, 0) is 0 Å². The molecule has 0 heterocycles. The predicted octanol–water partition coefficient (Wildman–Crippen LogP) is -1.94. The van der Waals surface area contributed by atoms with Crippen LogP contribution in [0.1, 0.15) is 0 Å². The Morgan fingerprint density at radius 2 is 0.714 bits per heavy atom. The van der Waals surface area contributed by atoms with Gasteiger partial charge in [0.1, 0.15) is 5.66 Å². The van der Waals surface area contributed by atoms with Gasteiger partial charge in [-0.25, -0.2) is 0 Å². The lowest BCUT2D eigenvalue weighted by molar-refractivity contribution is 0.278. The second-order valence-electron chi connectivity index (χ2n) is 8.49. The van der Waals surface area contributed by atoms with Crippen molar-refractivity contribution in [2.45, 2.75) is 36.9 Å². The van der Waals surface area contributed by atoms with E-state index >= 15 is 0 Å². The summed E-state index contributed by atoms with van der Waals surface area (Å²) in [6.07, 6.45) is -2.41. The first-order chi connectivity index (χ1) is 17.7. The molecule has 24 nitrogen and oxygen atoms in total.